The third-order valence-corrected chi connectivity index (χ3v) is 1.91. The van der Waals surface area contributed by atoms with Gasteiger partial charge in [0.05, 0.1) is 0 Å². The van der Waals surface area contributed by atoms with Crippen molar-refractivity contribution < 1.29 is 4.79 Å². The molecule has 0 aromatic rings. The number of carbonyl (C=O) groups is 1. The van der Waals surface area contributed by atoms with Crippen LogP contribution in [0.1, 0.15) is 13.3 Å². The van der Waals surface area contributed by atoms with E-state index in [1.165, 1.54) is 6.08 Å². The van der Waals surface area contributed by atoms with Gasteiger partial charge in [-0.25, -0.2) is 0 Å². The van der Waals surface area contributed by atoms with E-state index < -0.39 is 0 Å². The Balaban J connectivity index is 0.000000424. The minimum absolute atomic E-state index is 0.0735. The molecule has 1 fully saturated rings. The predicted molar refractivity (Wildman–Crippen MR) is 55.5 cm³/mol. The monoisotopic (exact) mass is 184 g/mol. The highest BCUT2D eigenvalue weighted by Crippen LogP contribution is 2.14. The summed E-state index contributed by atoms with van der Waals surface area (Å²) in [7, 11) is 3.75. The lowest BCUT2D eigenvalue weighted by molar-refractivity contribution is -0.125. The van der Waals surface area contributed by atoms with Crippen molar-refractivity contribution in [3.63, 3.8) is 0 Å². The number of hydrogen-bond donors (Lipinski definition) is 1. The Bertz CT molecular complexity index is 168. The normalized spacial score (nSPS) is 20.5. The van der Waals surface area contributed by atoms with Crippen molar-refractivity contribution in [2.45, 2.75) is 13.3 Å². The second-order valence-electron chi connectivity index (χ2n) is 3.38. The molecule has 1 aliphatic rings. The first-order chi connectivity index (χ1) is 6.15. The molecular weight excluding hydrogens is 164 g/mol. The van der Waals surface area contributed by atoms with Crippen molar-refractivity contribution in [3.8, 4) is 0 Å². The van der Waals surface area contributed by atoms with Crippen LogP contribution in [0.5, 0.6) is 0 Å². The summed E-state index contributed by atoms with van der Waals surface area (Å²) in [5.41, 5.74) is 0. The van der Waals surface area contributed by atoms with Crippen LogP contribution in [0.25, 0.3) is 0 Å². The molecule has 1 N–H and O–H groups in total. The Morgan fingerprint density at radius 3 is 2.46 bits per heavy atom. The van der Waals surface area contributed by atoms with E-state index in [0.717, 1.165) is 19.5 Å². The summed E-state index contributed by atoms with van der Waals surface area (Å²) < 4.78 is 0. The first-order valence-electron chi connectivity index (χ1n) is 4.65. The number of rotatable bonds is 1. The molecule has 0 bridgehead atoms. The smallest absolute Gasteiger partial charge is 0.245 e. The maximum atomic E-state index is 11.0. The summed E-state index contributed by atoms with van der Waals surface area (Å²) in [6.07, 6.45) is 2.53. The van der Waals surface area contributed by atoms with E-state index in [0.29, 0.717) is 5.92 Å². The highest BCUT2D eigenvalue weighted by molar-refractivity contribution is 5.87. The molecule has 0 spiro atoms. The van der Waals surface area contributed by atoms with Crippen LogP contribution in [0.2, 0.25) is 0 Å². The number of hydrogen-bond acceptors (Lipinski definition) is 2. The Morgan fingerprint density at radius 1 is 1.62 bits per heavy atom. The van der Waals surface area contributed by atoms with Crippen LogP contribution in [0.4, 0.5) is 0 Å². The van der Waals surface area contributed by atoms with Crippen LogP contribution in [0.15, 0.2) is 12.7 Å². The minimum Gasteiger partial charge on any atom is -0.339 e. The Morgan fingerprint density at radius 2 is 2.15 bits per heavy atom. The molecular formula is C10H20N2O. The molecule has 0 aromatic heterocycles. The lowest BCUT2D eigenvalue weighted by atomic mass is 10.2. The van der Waals surface area contributed by atoms with Crippen LogP contribution in [0, 0.1) is 5.92 Å². The molecule has 1 aliphatic heterocycles. The third kappa shape index (κ3) is 4.68. The zero-order valence-electron chi connectivity index (χ0n) is 8.84. The van der Waals surface area contributed by atoms with Crippen molar-refractivity contribution in [1.82, 2.24) is 10.2 Å². The van der Waals surface area contributed by atoms with Crippen molar-refractivity contribution in [1.29, 1.82) is 0 Å². The topological polar surface area (TPSA) is 32.3 Å². The highest BCUT2D eigenvalue weighted by atomic mass is 16.2. The van der Waals surface area contributed by atoms with Crippen molar-refractivity contribution in [2.24, 2.45) is 5.92 Å². The Kier molecular flexibility index (Phi) is 6.24. The molecule has 1 unspecified atom stereocenters. The first kappa shape index (κ1) is 12.2. The molecule has 76 valence electrons. The van der Waals surface area contributed by atoms with Crippen LogP contribution < -0.4 is 5.32 Å². The van der Waals surface area contributed by atoms with E-state index in [9.17, 15) is 4.79 Å². The second-order valence-corrected chi connectivity index (χ2v) is 3.38. The molecule has 13 heavy (non-hydrogen) atoms. The quantitative estimate of drug-likeness (QED) is 0.613. The van der Waals surface area contributed by atoms with Gasteiger partial charge in [0.1, 0.15) is 0 Å². The van der Waals surface area contributed by atoms with Crippen molar-refractivity contribution in [2.75, 3.05) is 27.2 Å². The van der Waals surface area contributed by atoms with E-state index in [4.69, 9.17) is 0 Å². The summed E-state index contributed by atoms with van der Waals surface area (Å²) in [5, 5.41) is 2.75. The van der Waals surface area contributed by atoms with Crippen molar-refractivity contribution in [3.05, 3.63) is 12.7 Å². The molecule has 3 nitrogen and oxygen atoms in total. The molecule has 1 saturated heterocycles. The lowest BCUT2D eigenvalue weighted by Crippen LogP contribution is -2.26. The van der Waals surface area contributed by atoms with Crippen LogP contribution in [0.3, 0.4) is 0 Å². The van der Waals surface area contributed by atoms with Gasteiger partial charge in [0, 0.05) is 13.1 Å². The lowest BCUT2D eigenvalue weighted by Gasteiger charge is -2.11. The molecule has 1 heterocycles. The van der Waals surface area contributed by atoms with Gasteiger partial charge in [-0.05, 0) is 32.5 Å². The van der Waals surface area contributed by atoms with E-state index in [2.05, 4.69) is 18.8 Å². The summed E-state index contributed by atoms with van der Waals surface area (Å²) in [6, 6.07) is 0. The zero-order chi connectivity index (χ0) is 10.3. The molecule has 1 amide bonds. The Hall–Kier alpha value is -0.830. The largest absolute Gasteiger partial charge is 0.339 e. The molecule has 0 aromatic carbocycles. The van der Waals surface area contributed by atoms with Crippen LogP contribution in [-0.4, -0.2) is 38.0 Å². The van der Waals surface area contributed by atoms with Crippen molar-refractivity contribution >= 4 is 5.91 Å². The average Bonchev–Trinajstić information content (AvgIpc) is 2.52. The van der Waals surface area contributed by atoms with Gasteiger partial charge >= 0.3 is 0 Å². The number of carbonyl (C=O) groups excluding carboxylic acids is 1. The number of likely N-dealkylation sites (tertiary alicyclic amines) is 1. The molecule has 0 saturated carbocycles. The third-order valence-electron chi connectivity index (χ3n) is 1.91. The first-order valence-corrected chi connectivity index (χ1v) is 4.65. The summed E-state index contributed by atoms with van der Waals surface area (Å²) in [5.74, 6) is 0.744. The molecule has 1 rings (SSSR count). The highest BCUT2D eigenvalue weighted by Gasteiger charge is 2.20. The van der Waals surface area contributed by atoms with Gasteiger partial charge in [-0.1, -0.05) is 13.5 Å². The fourth-order valence-electron chi connectivity index (χ4n) is 1.26. The van der Waals surface area contributed by atoms with E-state index in [1.807, 2.05) is 19.0 Å². The summed E-state index contributed by atoms with van der Waals surface area (Å²) in [4.78, 5) is 12.8. The average molecular weight is 184 g/mol. The van der Waals surface area contributed by atoms with Crippen LogP contribution >= 0.6 is 0 Å². The SMILES string of the molecule is C=CC(=O)N1CCC(C)C1.CNC. The summed E-state index contributed by atoms with van der Waals surface area (Å²) in [6.45, 7) is 7.42. The fourth-order valence-corrected chi connectivity index (χ4v) is 1.26. The second kappa shape index (κ2) is 6.66. The minimum atomic E-state index is 0.0735. The van der Waals surface area contributed by atoms with E-state index in [1.54, 1.807) is 0 Å². The zero-order valence-corrected chi connectivity index (χ0v) is 8.84. The maximum Gasteiger partial charge on any atom is 0.245 e. The standard InChI is InChI=1S/C8H13NO.C2H7N/c1-3-8(10)9-5-4-7(2)6-9;1-3-2/h3,7H,1,4-6H2,2H3;3H,1-2H3. The molecule has 0 aliphatic carbocycles. The Labute approximate surface area is 80.8 Å². The predicted octanol–water partition coefficient (Wildman–Crippen LogP) is 0.876. The van der Waals surface area contributed by atoms with Gasteiger partial charge in [-0.15, -0.1) is 0 Å². The maximum absolute atomic E-state index is 11.0. The van der Waals surface area contributed by atoms with Gasteiger partial charge < -0.3 is 10.2 Å². The summed E-state index contributed by atoms with van der Waals surface area (Å²) >= 11 is 0. The molecule has 1 atom stereocenters. The van der Waals surface area contributed by atoms with Gasteiger partial charge in [0.2, 0.25) is 5.91 Å². The van der Waals surface area contributed by atoms with Gasteiger partial charge in [-0.2, -0.15) is 0 Å². The number of amides is 1. The van der Waals surface area contributed by atoms with E-state index in [-0.39, 0.29) is 5.91 Å². The van der Waals surface area contributed by atoms with Crippen LogP contribution in [-0.2, 0) is 4.79 Å². The number of nitrogens with zero attached hydrogens (tertiary/aromatic N) is 1. The van der Waals surface area contributed by atoms with E-state index >= 15 is 0 Å². The van der Waals surface area contributed by atoms with Gasteiger partial charge in [0.15, 0.2) is 0 Å². The van der Waals surface area contributed by atoms with Gasteiger partial charge in [0.25, 0.3) is 0 Å². The van der Waals surface area contributed by atoms with Gasteiger partial charge in [-0.3, -0.25) is 4.79 Å². The molecule has 0 radical (unpaired) electrons. The fraction of sp³-hybridized carbons (Fsp3) is 0.700. The molecule has 3 heteroatoms. The number of nitrogens with one attached hydrogen (secondary N) is 1.